The fourth-order valence-corrected chi connectivity index (χ4v) is 3.97. The first-order valence-electron chi connectivity index (χ1n) is 8.52. The van der Waals surface area contributed by atoms with Gasteiger partial charge in [0.25, 0.3) is 5.56 Å². The van der Waals surface area contributed by atoms with Gasteiger partial charge in [0.1, 0.15) is 5.01 Å². The van der Waals surface area contributed by atoms with Crippen LogP contribution in [0.4, 0.5) is 5.95 Å². The zero-order valence-corrected chi connectivity index (χ0v) is 16.1. The van der Waals surface area contributed by atoms with Gasteiger partial charge in [-0.3, -0.25) is 19.6 Å². The highest BCUT2D eigenvalue weighted by Crippen LogP contribution is 2.20. The Kier molecular flexibility index (Phi) is 5.51. The molecule has 1 saturated heterocycles. The van der Waals surface area contributed by atoms with Gasteiger partial charge in [0, 0.05) is 56.9 Å². The molecule has 7 nitrogen and oxygen atoms in total. The number of aromatic nitrogens is 3. The second-order valence-corrected chi connectivity index (χ2v) is 7.87. The summed E-state index contributed by atoms with van der Waals surface area (Å²) in [6.07, 6.45) is 1.13. The summed E-state index contributed by atoms with van der Waals surface area (Å²) in [5, 5.41) is 3.29. The van der Waals surface area contributed by atoms with Gasteiger partial charge in [-0.15, -0.1) is 11.3 Å². The van der Waals surface area contributed by atoms with Gasteiger partial charge in [0.2, 0.25) is 5.95 Å². The van der Waals surface area contributed by atoms with Crippen molar-refractivity contribution in [2.45, 2.75) is 32.5 Å². The summed E-state index contributed by atoms with van der Waals surface area (Å²) in [6.45, 7) is 5.76. The highest BCUT2D eigenvalue weighted by atomic mass is 32.1. The molecule has 136 valence electrons. The van der Waals surface area contributed by atoms with E-state index in [4.69, 9.17) is 0 Å². The summed E-state index contributed by atoms with van der Waals surface area (Å²) in [4.78, 5) is 30.2. The van der Waals surface area contributed by atoms with E-state index in [0.29, 0.717) is 18.5 Å². The van der Waals surface area contributed by atoms with E-state index in [0.717, 1.165) is 37.4 Å². The molecule has 3 rings (SSSR count). The van der Waals surface area contributed by atoms with Crippen molar-refractivity contribution in [2.75, 3.05) is 39.1 Å². The van der Waals surface area contributed by atoms with E-state index < -0.39 is 0 Å². The molecule has 1 aliphatic heterocycles. The van der Waals surface area contributed by atoms with Crippen molar-refractivity contribution in [3.05, 3.63) is 38.2 Å². The van der Waals surface area contributed by atoms with E-state index >= 15 is 0 Å². The van der Waals surface area contributed by atoms with E-state index in [1.54, 1.807) is 17.4 Å². The number of aryl methyl sites for hydroxylation is 1. The minimum Gasteiger partial charge on any atom is -0.348 e. The molecule has 0 radical (unpaired) electrons. The van der Waals surface area contributed by atoms with Crippen molar-refractivity contribution in [1.29, 1.82) is 0 Å². The number of nitrogens with one attached hydrogen (secondary N) is 1. The van der Waals surface area contributed by atoms with Crippen LogP contribution in [0.5, 0.6) is 0 Å². The summed E-state index contributed by atoms with van der Waals surface area (Å²) >= 11 is 1.74. The van der Waals surface area contributed by atoms with Crippen molar-refractivity contribution in [3.8, 4) is 0 Å². The number of aromatic amines is 1. The first-order chi connectivity index (χ1) is 11.9. The standard InChI is InChI=1S/C17H26N6OS/c1-12-11-25-16(18-12)10-23-6-5-14(9-23)22(4)8-13-7-15(24)20-17(19-13)21(2)3/h7,11,14H,5-6,8-10H2,1-4H3,(H,19,20,24)/t14-/m1/s1. The van der Waals surface area contributed by atoms with Gasteiger partial charge >= 0.3 is 0 Å². The van der Waals surface area contributed by atoms with E-state index in [1.807, 2.05) is 25.9 Å². The molecule has 2 aromatic heterocycles. The molecule has 1 N–H and O–H groups in total. The summed E-state index contributed by atoms with van der Waals surface area (Å²) < 4.78 is 0. The van der Waals surface area contributed by atoms with E-state index in [1.165, 1.54) is 5.01 Å². The van der Waals surface area contributed by atoms with Crippen molar-refractivity contribution < 1.29 is 0 Å². The van der Waals surface area contributed by atoms with E-state index in [-0.39, 0.29) is 5.56 Å². The number of hydrogen-bond acceptors (Lipinski definition) is 7. The number of thiazole rings is 1. The molecule has 1 aliphatic rings. The third kappa shape index (κ3) is 4.65. The van der Waals surface area contributed by atoms with Gasteiger partial charge in [-0.1, -0.05) is 0 Å². The maximum atomic E-state index is 11.8. The quantitative estimate of drug-likeness (QED) is 0.836. The Labute approximate surface area is 152 Å². The number of rotatable bonds is 6. The van der Waals surface area contributed by atoms with Gasteiger partial charge in [-0.25, -0.2) is 9.97 Å². The third-order valence-corrected chi connectivity index (χ3v) is 5.46. The van der Waals surface area contributed by atoms with E-state index in [2.05, 4.69) is 37.2 Å². The van der Waals surface area contributed by atoms with Crippen molar-refractivity contribution in [1.82, 2.24) is 24.8 Å². The molecule has 25 heavy (non-hydrogen) atoms. The Hall–Kier alpha value is -1.77. The highest BCUT2D eigenvalue weighted by molar-refractivity contribution is 7.09. The van der Waals surface area contributed by atoms with Crippen LogP contribution >= 0.6 is 11.3 Å². The predicted octanol–water partition coefficient (Wildman–Crippen LogP) is 1.31. The molecule has 3 heterocycles. The van der Waals surface area contributed by atoms with Crippen LogP contribution in [0.15, 0.2) is 16.2 Å². The summed E-state index contributed by atoms with van der Waals surface area (Å²) in [6, 6.07) is 2.07. The molecule has 0 aliphatic carbocycles. The van der Waals surface area contributed by atoms with Crippen LogP contribution < -0.4 is 10.5 Å². The van der Waals surface area contributed by atoms with Crippen LogP contribution in [0.1, 0.15) is 22.8 Å². The van der Waals surface area contributed by atoms with Crippen LogP contribution in [0.3, 0.4) is 0 Å². The molecular formula is C17H26N6OS. The number of H-pyrrole nitrogens is 1. The molecule has 8 heteroatoms. The Bertz CT molecular complexity index is 770. The fraction of sp³-hybridized carbons (Fsp3) is 0.588. The second kappa shape index (κ2) is 7.63. The van der Waals surface area contributed by atoms with Crippen LogP contribution in [-0.2, 0) is 13.1 Å². The van der Waals surface area contributed by atoms with Gasteiger partial charge < -0.3 is 4.90 Å². The Morgan fingerprint density at radius 2 is 2.16 bits per heavy atom. The molecule has 2 aromatic rings. The molecule has 1 atom stereocenters. The first kappa shape index (κ1) is 18.0. The molecule has 0 spiro atoms. The summed E-state index contributed by atoms with van der Waals surface area (Å²) in [5.74, 6) is 0.600. The lowest BCUT2D eigenvalue weighted by Gasteiger charge is -2.24. The maximum Gasteiger partial charge on any atom is 0.252 e. The topological polar surface area (TPSA) is 68.4 Å². The van der Waals surface area contributed by atoms with Crippen LogP contribution in [0, 0.1) is 6.92 Å². The molecule has 0 aromatic carbocycles. The predicted molar refractivity (Wildman–Crippen MR) is 101 cm³/mol. The van der Waals surface area contributed by atoms with Gasteiger partial charge in [0.15, 0.2) is 0 Å². The summed E-state index contributed by atoms with van der Waals surface area (Å²) in [7, 11) is 5.86. The largest absolute Gasteiger partial charge is 0.348 e. The van der Waals surface area contributed by atoms with Crippen LogP contribution in [0.25, 0.3) is 0 Å². The van der Waals surface area contributed by atoms with E-state index in [9.17, 15) is 4.79 Å². The molecule has 0 amide bonds. The zero-order chi connectivity index (χ0) is 18.0. The van der Waals surface area contributed by atoms with Crippen LogP contribution in [-0.4, -0.2) is 65.0 Å². The minimum atomic E-state index is -0.103. The second-order valence-electron chi connectivity index (χ2n) is 6.93. The third-order valence-electron chi connectivity index (χ3n) is 4.51. The number of hydrogen-bond donors (Lipinski definition) is 1. The smallest absolute Gasteiger partial charge is 0.252 e. The molecule has 0 unspecified atom stereocenters. The normalized spacial score (nSPS) is 18.2. The number of anilines is 1. The molecule has 1 fully saturated rings. The van der Waals surface area contributed by atoms with Crippen molar-refractivity contribution >= 4 is 17.3 Å². The van der Waals surface area contributed by atoms with Gasteiger partial charge in [0.05, 0.1) is 12.2 Å². The highest BCUT2D eigenvalue weighted by Gasteiger charge is 2.26. The van der Waals surface area contributed by atoms with Crippen LogP contribution in [0.2, 0.25) is 0 Å². The van der Waals surface area contributed by atoms with Crippen molar-refractivity contribution in [3.63, 3.8) is 0 Å². The molecular weight excluding hydrogens is 336 g/mol. The minimum absolute atomic E-state index is 0.103. The zero-order valence-electron chi connectivity index (χ0n) is 15.3. The first-order valence-corrected chi connectivity index (χ1v) is 9.40. The number of nitrogens with zero attached hydrogens (tertiary/aromatic N) is 5. The van der Waals surface area contributed by atoms with Gasteiger partial charge in [-0.05, 0) is 20.4 Å². The Balaban J connectivity index is 1.59. The average molecular weight is 363 g/mol. The van der Waals surface area contributed by atoms with Gasteiger partial charge in [-0.2, -0.15) is 0 Å². The number of likely N-dealkylation sites (tertiary alicyclic amines) is 1. The Morgan fingerprint density at radius 1 is 1.36 bits per heavy atom. The molecule has 0 bridgehead atoms. The van der Waals surface area contributed by atoms with Crippen molar-refractivity contribution in [2.24, 2.45) is 0 Å². The monoisotopic (exact) mass is 362 g/mol. The molecule has 0 saturated carbocycles. The number of likely N-dealkylation sites (N-methyl/N-ethyl adjacent to an activating group) is 1. The Morgan fingerprint density at radius 3 is 2.84 bits per heavy atom. The summed E-state index contributed by atoms with van der Waals surface area (Å²) in [5.41, 5.74) is 1.81. The lowest BCUT2D eigenvalue weighted by atomic mass is 10.2. The SMILES string of the molecule is Cc1csc(CN2CC[C@@H](N(C)Cc3cc(=O)[nH]c(N(C)C)n3)C2)n1. The lowest BCUT2D eigenvalue weighted by Crippen LogP contribution is -2.34. The fourth-order valence-electron chi connectivity index (χ4n) is 3.15. The average Bonchev–Trinajstić information content (AvgIpc) is 3.16. The lowest BCUT2D eigenvalue weighted by molar-refractivity contribution is 0.220. The maximum absolute atomic E-state index is 11.8.